The fourth-order valence-electron chi connectivity index (χ4n) is 3.21. The molecule has 0 spiro atoms. The molecule has 1 saturated carbocycles. The van der Waals surface area contributed by atoms with Crippen LogP contribution in [0.5, 0.6) is 0 Å². The maximum absolute atomic E-state index is 11.3. The van der Waals surface area contributed by atoms with Crippen molar-refractivity contribution in [2.45, 2.75) is 63.0 Å². The number of carboxylic acid groups (broad SMARTS) is 1. The van der Waals surface area contributed by atoms with E-state index >= 15 is 0 Å². The summed E-state index contributed by atoms with van der Waals surface area (Å²) in [5.41, 5.74) is 2.51. The van der Waals surface area contributed by atoms with E-state index in [2.05, 4.69) is 24.3 Å². The lowest BCUT2D eigenvalue weighted by atomic mass is 9.84. The average Bonchev–Trinajstić information content (AvgIpc) is 2.47. The van der Waals surface area contributed by atoms with Crippen LogP contribution < -0.4 is 0 Å². The molecule has 2 rings (SSSR count). The van der Waals surface area contributed by atoms with Gasteiger partial charge in [-0.05, 0) is 36.3 Å². The Kier molecular flexibility index (Phi) is 6.49. The third kappa shape index (κ3) is 5.48. The highest BCUT2D eigenvalue weighted by molar-refractivity contribution is 8.14. The van der Waals surface area contributed by atoms with Gasteiger partial charge in [-0.3, -0.25) is 9.59 Å². The minimum atomic E-state index is -0.849. The van der Waals surface area contributed by atoms with Gasteiger partial charge in [0, 0.05) is 12.2 Å². The second kappa shape index (κ2) is 8.37. The lowest BCUT2D eigenvalue weighted by Crippen LogP contribution is -2.14. The Morgan fingerprint density at radius 3 is 2.36 bits per heavy atom. The number of aliphatic carboxylic acids is 1. The van der Waals surface area contributed by atoms with Gasteiger partial charge in [-0.1, -0.05) is 55.3 Å². The van der Waals surface area contributed by atoms with Gasteiger partial charge in [0.1, 0.15) is 0 Å². The molecule has 120 valence electrons. The molecule has 0 aromatic heterocycles. The molecule has 1 aliphatic carbocycles. The molecule has 1 aromatic rings. The van der Waals surface area contributed by atoms with E-state index < -0.39 is 5.97 Å². The first-order valence-electron chi connectivity index (χ1n) is 8.02. The number of hydrogen-bond donors (Lipinski definition) is 1. The van der Waals surface area contributed by atoms with Crippen LogP contribution in [0.2, 0.25) is 0 Å². The second-order valence-corrected chi connectivity index (χ2v) is 7.59. The Hall–Kier alpha value is -1.29. The fraction of sp³-hybridized carbons (Fsp3) is 0.556. The van der Waals surface area contributed by atoms with Crippen molar-refractivity contribution in [2.24, 2.45) is 0 Å². The summed E-state index contributed by atoms with van der Waals surface area (Å²) in [6.45, 7) is 1.49. The monoisotopic (exact) mass is 320 g/mol. The van der Waals surface area contributed by atoms with Crippen molar-refractivity contribution in [3.05, 3.63) is 35.4 Å². The van der Waals surface area contributed by atoms with Gasteiger partial charge in [-0.2, -0.15) is 0 Å². The Bertz CT molecular complexity index is 488. The molecule has 0 radical (unpaired) electrons. The van der Waals surface area contributed by atoms with Gasteiger partial charge in [0.05, 0.1) is 6.42 Å². The number of rotatable bonds is 6. The summed E-state index contributed by atoms with van der Waals surface area (Å²) in [6.07, 6.45) is 7.21. The predicted octanol–water partition coefficient (Wildman–Crippen LogP) is 4.40. The number of thioether (sulfide) groups is 1. The number of hydrogen-bond acceptors (Lipinski definition) is 3. The Morgan fingerprint density at radius 2 is 1.82 bits per heavy atom. The van der Waals surface area contributed by atoms with Gasteiger partial charge in [-0.25, -0.2) is 0 Å². The Balaban J connectivity index is 1.98. The van der Waals surface area contributed by atoms with E-state index in [9.17, 15) is 9.59 Å². The van der Waals surface area contributed by atoms with Crippen molar-refractivity contribution in [2.75, 3.05) is 0 Å². The van der Waals surface area contributed by atoms with Gasteiger partial charge in [-0.15, -0.1) is 0 Å². The number of carbonyl (C=O) groups excluding carboxylic acids is 1. The quantitative estimate of drug-likeness (QED) is 0.844. The van der Waals surface area contributed by atoms with Crippen molar-refractivity contribution in [1.82, 2.24) is 0 Å². The molecule has 1 aliphatic rings. The lowest BCUT2D eigenvalue weighted by Gasteiger charge is -2.22. The first kappa shape index (κ1) is 17.1. The maximum Gasteiger partial charge on any atom is 0.304 e. The van der Waals surface area contributed by atoms with Crippen LogP contribution in [-0.4, -0.2) is 21.4 Å². The van der Waals surface area contributed by atoms with Crippen molar-refractivity contribution < 1.29 is 14.7 Å². The van der Waals surface area contributed by atoms with Crippen LogP contribution >= 0.6 is 11.8 Å². The molecule has 0 saturated heterocycles. The highest BCUT2D eigenvalue weighted by Crippen LogP contribution is 2.32. The summed E-state index contributed by atoms with van der Waals surface area (Å²) in [7, 11) is 0. The van der Waals surface area contributed by atoms with E-state index in [-0.39, 0.29) is 16.8 Å². The molecule has 0 aliphatic heterocycles. The molecule has 3 nitrogen and oxygen atoms in total. The Morgan fingerprint density at radius 1 is 1.18 bits per heavy atom. The third-order valence-corrected chi connectivity index (χ3v) is 5.25. The number of benzene rings is 1. The highest BCUT2D eigenvalue weighted by atomic mass is 32.2. The highest BCUT2D eigenvalue weighted by Gasteiger charge is 2.18. The third-order valence-electron chi connectivity index (χ3n) is 4.25. The normalized spacial score (nSPS) is 17.1. The van der Waals surface area contributed by atoms with Crippen LogP contribution in [0, 0.1) is 0 Å². The molecule has 1 N–H and O–H groups in total. The van der Waals surface area contributed by atoms with Crippen LogP contribution in [0.15, 0.2) is 24.3 Å². The molecule has 1 atom stereocenters. The van der Waals surface area contributed by atoms with E-state index in [1.54, 1.807) is 0 Å². The van der Waals surface area contributed by atoms with E-state index in [4.69, 9.17) is 5.11 Å². The lowest BCUT2D eigenvalue weighted by molar-refractivity contribution is -0.136. The van der Waals surface area contributed by atoms with Gasteiger partial charge < -0.3 is 5.11 Å². The summed E-state index contributed by atoms with van der Waals surface area (Å²) < 4.78 is 0. The summed E-state index contributed by atoms with van der Waals surface area (Å²) in [6, 6.07) is 8.56. The first-order chi connectivity index (χ1) is 10.5. The summed E-state index contributed by atoms with van der Waals surface area (Å²) in [4.78, 5) is 22.2. The van der Waals surface area contributed by atoms with Gasteiger partial charge >= 0.3 is 5.97 Å². The van der Waals surface area contributed by atoms with Gasteiger partial charge in [0.15, 0.2) is 5.12 Å². The topological polar surface area (TPSA) is 54.4 Å². The molecular weight excluding hydrogens is 296 g/mol. The molecule has 1 aromatic carbocycles. The van der Waals surface area contributed by atoms with E-state index in [1.807, 2.05) is 0 Å². The maximum atomic E-state index is 11.3. The first-order valence-corrected chi connectivity index (χ1v) is 8.90. The van der Waals surface area contributed by atoms with Crippen LogP contribution in [0.4, 0.5) is 0 Å². The zero-order chi connectivity index (χ0) is 15.9. The molecular formula is C18H24O3S. The molecule has 0 amide bonds. The van der Waals surface area contributed by atoms with Crippen molar-refractivity contribution >= 4 is 22.8 Å². The zero-order valence-corrected chi connectivity index (χ0v) is 13.9. The summed E-state index contributed by atoms with van der Waals surface area (Å²) >= 11 is 1.14. The SMILES string of the molecule is CC(=O)SC(CC(=O)O)Cc1ccc(C2CCCCC2)cc1. The largest absolute Gasteiger partial charge is 0.481 e. The number of carboxylic acids is 1. The standard InChI is InChI=1S/C18H24O3S/c1-13(19)22-17(12-18(20)21)11-14-7-9-16(10-8-14)15-5-3-2-4-6-15/h7-10,15,17H,2-6,11-12H2,1H3,(H,20,21). The molecule has 1 unspecified atom stereocenters. The van der Waals surface area contributed by atoms with E-state index in [0.717, 1.165) is 17.3 Å². The summed E-state index contributed by atoms with van der Waals surface area (Å²) in [5.74, 6) is -0.165. The minimum Gasteiger partial charge on any atom is -0.481 e. The van der Waals surface area contributed by atoms with E-state index in [1.165, 1.54) is 44.6 Å². The van der Waals surface area contributed by atoms with Crippen LogP contribution in [0.3, 0.4) is 0 Å². The van der Waals surface area contributed by atoms with Gasteiger partial charge in [0.2, 0.25) is 0 Å². The molecule has 1 fully saturated rings. The van der Waals surface area contributed by atoms with Gasteiger partial charge in [0.25, 0.3) is 0 Å². The van der Waals surface area contributed by atoms with Crippen molar-refractivity contribution in [1.29, 1.82) is 0 Å². The minimum absolute atomic E-state index is 0.0224. The molecule has 0 bridgehead atoms. The molecule has 22 heavy (non-hydrogen) atoms. The number of carbonyl (C=O) groups is 2. The average molecular weight is 320 g/mol. The predicted molar refractivity (Wildman–Crippen MR) is 90.3 cm³/mol. The van der Waals surface area contributed by atoms with Crippen LogP contribution in [0.1, 0.15) is 62.5 Å². The van der Waals surface area contributed by atoms with Crippen LogP contribution in [-0.2, 0) is 16.0 Å². The smallest absolute Gasteiger partial charge is 0.304 e. The van der Waals surface area contributed by atoms with Crippen LogP contribution in [0.25, 0.3) is 0 Å². The molecule has 0 heterocycles. The summed E-state index contributed by atoms with van der Waals surface area (Å²) in [5, 5.41) is 8.76. The van der Waals surface area contributed by atoms with Crippen molar-refractivity contribution in [3.8, 4) is 0 Å². The van der Waals surface area contributed by atoms with Crippen molar-refractivity contribution in [3.63, 3.8) is 0 Å². The zero-order valence-electron chi connectivity index (χ0n) is 13.1. The Labute approximate surface area is 136 Å². The second-order valence-electron chi connectivity index (χ2n) is 6.11. The fourth-order valence-corrected chi connectivity index (χ4v) is 4.18. The molecule has 4 heteroatoms. The van der Waals surface area contributed by atoms with E-state index in [0.29, 0.717) is 12.3 Å².